The Bertz CT molecular complexity index is 590. The number of ether oxygens (including phenoxy) is 1. The normalized spacial score (nSPS) is 11.3. The highest BCUT2D eigenvalue weighted by Gasteiger charge is 2.08. The highest BCUT2D eigenvalue weighted by Crippen LogP contribution is 2.26. The summed E-state index contributed by atoms with van der Waals surface area (Å²) in [5.74, 6) is 1.75. The van der Waals surface area contributed by atoms with Crippen LogP contribution in [0.25, 0.3) is 0 Å². The average Bonchev–Trinajstić information content (AvgIpc) is 2.86. The quantitative estimate of drug-likeness (QED) is 0.801. The van der Waals surface area contributed by atoms with Crippen LogP contribution >= 0.6 is 11.3 Å². The molecule has 0 amide bonds. The van der Waals surface area contributed by atoms with Gasteiger partial charge in [-0.05, 0) is 29.5 Å². The third-order valence-electron chi connectivity index (χ3n) is 3.16. The summed E-state index contributed by atoms with van der Waals surface area (Å²) < 4.78 is 5.70. The monoisotopic (exact) mass is 304 g/mol. The molecule has 0 aliphatic carbocycles. The van der Waals surface area contributed by atoms with E-state index < -0.39 is 0 Å². The largest absolute Gasteiger partial charge is 0.491 e. The molecular formula is C17H24N2OS. The topological polar surface area (TPSA) is 48.1 Å². The van der Waals surface area contributed by atoms with Crippen LogP contribution in [0.4, 0.5) is 5.69 Å². The molecule has 1 aromatic heterocycles. The lowest BCUT2D eigenvalue weighted by Gasteiger charge is -2.11. The predicted octanol–water partition coefficient (Wildman–Crippen LogP) is 4.47. The fourth-order valence-electron chi connectivity index (χ4n) is 1.94. The number of anilines is 1. The molecule has 0 bridgehead atoms. The highest BCUT2D eigenvalue weighted by atomic mass is 32.1. The molecule has 0 unspecified atom stereocenters. The summed E-state index contributed by atoms with van der Waals surface area (Å²) >= 11 is 1.71. The van der Waals surface area contributed by atoms with Crippen molar-refractivity contribution in [2.75, 3.05) is 12.3 Å². The van der Waals surface area contributed by atoms with E-state index in [0.717, 1.165) is 17.2 Å². The zero-order valence-electron chi connectivity index (χ0n) is 13.2. The van der Waals surface area contributed by atoms with E-state index in [1.54, 1.807) is 11.3 Å². The van der Waals surface area contributed by atoms with Gasteiger partial charge in [0.2, 0.25) is 0 Å². The standard InChI is InChI=1S/C17H24N2OS/c1-11(2)9-20-16-6-5-13(7-14(16)18)8-17-19-15(10-21-17)12(3)4/h5-7,10-12H,8-9,18H2,1-4H3. The Labute approximate surface area is 131 Å². The van der Waals surface area contributed by atoms with Gasteiger partial charge >= 0.3 is 0 Å². The zero-order chi connectivity index (χ0) is 15.4. The Balaban J connectivity index is 2.05. The van der Waals surface area contributed by atoms with Crippen molar-refractivity contribution < 1.29 is 4.74 Å². The number of nitrogens with zero attached hydrogens (tertiary/aromatic N) is 1. The van der Waals surface area contributed by atoms with Crippen LogP contribution in [0, 0.1) is 5.92 Å². The van der Waals surface area contributed by atoms with E-state index in [4.69, 9.17) is 10.5 Å². The Hall–Kier alpha value is -1.55. The fraction of sp³-hybridized carbons (Fsp3) is 0.471. The first kappa shape index (κ1) is 15.8. The molecule has 0 saturated heterocycles. The van der Waals surface area contributed by atoms with Crippen LogP contribution in [0.5, 0.6) is 5.75 Å². The van der Waals surface area contributed by atoms with E-state index in [1.807, 2.05) is 12.1 Å². The van der Waals surface area contributed by atoms with Crippen LogP contribution in [0.15, 0.2) is 23.6 Å². The molecule has 3 nitrogen and oxygen atoms in total. The van der Waals surface area contributed by atoms with Crippen molar-refractivity contribution in [2.45, 2.75) is 40.0 Å². The lowest BCUT2D eigenvalue weighted by atomic mass is 10.1. The minimum absolute atomic E-state index is 0.479. The Morgan fingerprint density at radius 1 is 1.24 bits per heavy atom. The predicted molar refractivity (Wildman–Crippen MR) is 90.2 cm³/mol. The number of hydrogen-bond acceptors (Lipinski definition) is 4. The Kier molecular flexibility index (Phi) is 5.23. The number of rotatable bonds is 6. The van der Waals surface area contributed by atoms with E-state index in [2.05, 4.69) is 44.1 Å². The number of thiazole rings is 1. The van der Waals surface area contributed by atoms with Crippen LogP contribution in [0.1, 0.15) is 49.9 Å². The van der Waals surface area contributed by atoms with Gasteiger partial charge < -0.3 is 10.5 Å². The molecule has 0 atom stereocenters. The van der Waals surface area contributed by atoms with Crippen LogP contribution in [-0.4, -0.2) is 11.6 Å². The van der Waals surface area contributed by atoms with E-state index in [-0.39, 0.29) is 0 Å². The molecule has 0 aliphatic rings. The van der Waals surface area contributed by atoms with Gasteiger partial charge in [0.1, 0.15) is 5.75 Å². The maximum absolute atomic E-state index is 6.07. The van der Waals surface area contributed by atoms with Crippen LogP contribution in [-0.2, 0) is 6.42 Å². The van der Waals surface area contributed by atoms with E-state index in [0.29, 0.717) is 24.1 Å². The molecule has 2 aromatic rings. The van der Waals surface area contributed by atoms with Crippen molar-refractivity contribution >= 4 is 17.0 Å². The zero-order valence-corrected chi connectivity index (χ0v) is 14.0. The first-order valence-electron chi connectivity index (χ1n) is 7.41. The molecule has 0 radical (unpaired) electrons. The summed E-state index contributed by atoms with van der Waals surface area (Å²) in [6.07, 6.45) is 0.825. The van der Waals surface area contributed by atoms with Crippen molar-refractivity contribution in [3.8, 4) is 5.75 Å². The molecule has 21 heavy (non-hydrogen) atoms. The molecule has 0 aliphatic heterocycles. The maximum atomic E-state index is 6.07. The fourth-order valence-corrected chi connectivity index (χ4v) is 2.93. The van der Waals surface area contributed by atoms with E-state index >= 15 is 0 Å². The third kappa shape index (κ3) is 4.46. The van der Waals surface area contributed by atoms with Crippen LogP contribution in [0.2, 0.25) is 0 Å². The summed E-state index contributed by atoms with van der Waals surface area (Å²) in [4.78, 5) is 4.66. The lowest BCUT2D eigenvalue weighted by Crippen LogP contribution is -2.06. The van der Waals surface area contributed by atoms with Gasteiger partial charge in [0.15, 0.2) is 0 Å². The van der Waals surface area contributed by atoms with Gasteiger partial charge in [0.25, 0.3) is 0 Å². The van der Waals surface area contributed by atoms with Gasteiger partial charge in [-0.1, -0.05) is 33.8 Å². The van der Waals surface area contributed by atoms with E-state index in [1.165, 1.54) is 11.3 Å². The van der Waals surface area contributed by atoms with Crippen molar-refractivity contribution in [1.29, 1.82) is 0 Å². The molecule has 2 rings (SSSR count). The highest BCUT2D eigenvalue weighted by molar-refractivity contribution is 7.09. The van der Waals surface area contributed by atoms with Gasteiger partial charge in [-0.25, -0.2) is 4.98 Å². The Morgan fingerprint density at radius 2 is 2.00 bits per heavy atom. The second-order valence-corrected chi connectivity index (χ2v) is 7.02. The molecule has 114 valence electrons. The van der Waals surface area contributed by atoms with Crippen molar-refractivity contribution in [1.82, 2.24) is 4.98 Å². The first-order chi connectivity index (χ1) is 9.95. The maximum Gasteiger partial charge on any atom is 0.142 e. The summed E-state index contributed by atoms with van der Waals surface area (Å²) in [5.41, 5.74) is 9.12. The number of hydrogen-bond donors (Lipinski definition) is 1. The third-order valence-corrected chi connectivity index (χ3v) is 4.03. The summed E-state index contributed by atoms with van der Waals surface area (Å²) in [5, 5.41) is 3.28. The molecule has 0 saturated carbocycles. The molecule has 0 spiro atoms. The smallest absolute Gasteiger partial charge is 0.142 e. The Morgan fingerprint density at radius 3 is 2.57 bits per heavy atom. The number of nitrogen functional groups attached to an aromatic ring is 1. The van der Waals surface area contributed by atoms with Crippen LogP contribution < -0.4 is 10.5 Å². The molecular weight excluding hydrogens is 280 g/mol. The number of aromatic nitrogens is 1. The van der Waals surface area contributed by atoms with Crippen LogP contribution in [0.3, 0.4) is 0 Å². The van der Waals surface area contributed by atoms with Gasteiger partial charge in [0, 0.05) is 11.8 Å². The minimum Gasteiger partial charge on any atom is -0.491 e. The lowest BCUT2D eigenvalue weighted by molar-refractivity contribution is 0.272. The van der Waals surface area contributed by atoms with Crippen molar-refractivity contribution in [3.63, 3.8) is 0 Å². The SMILES string of the molecule is CC(C)COc1ccc(Cc2nc(C(C)C)cs2)cc1N. The number of benzene rings is 1. The number of nitrogens with two attached hydrogens (primary N) is 1. The second-order valence-electron chi connectivity index (χ2n) is 6.07. The van der Waals surface area contributed by atoms with Crippen molar-refractivity contribution in [3.05, 3.63) is 39.8 Å². The summed E-state index contributed by atoms with van der Waals surface area (Å²) in [6.45, 7) is 9.27. The minimum atomic E-state index is 0.479. The van der Waals surface area contributed by atoms with Gasteiger partial charge in [-0.3, -0.25) is 0 Å². The average molecular weight is 304 g/mol. The second kappa shape index (κ2) is 6.94. The van der Waals surface area contributed by atoms with Gasteiger partial charge in [-0.2, -0.15) is 0 Å². The molecule has 4 heteroatoms. The summed E-state index contributed by atoms with van der Waals surface area (Å²) in [7, 11) is 0. The first-order valence-corrected chi connectivity index (χ1v) is 8.29. The van der Waals surface area contributed by atoms with Crippen molar-refractivity contribution in [2.24, 2.45) is 5.92 Å². The molecule has 0 fully saturated rings. The molecule has 1 heterocycles. The van der Waals surface area contributed by atoms with Gasteiger partial charge in [-0.15, -0.1) is 11.3 Å². The van der Waals surface area contributed by atoms with E-state index in [9.17, 15) is 0 Å². The molecule has 1 aromatic carbocycles. The molecule has 2 N–H and O–H groups in total. The summed E-state index contributed by atoms with van der Waals surface area (Å²) in [6, 6.07) is 6.03. The van der Waals surface area contributed by atoms with Gasteiger partial charge in [0.05, 0.1) is 23.0 Å².